The summed E-state index contributed by atoms with van der Waals surface area (Å²) in [6.07, 6.45) is 0.559. The number of likely N-dealkylation sites (tertiary alicyclic amines) is 1. The molecule has 7 heteroatoms. The molecule has 1 saturated heterocycles. The fourth-order valence-electron chi connectivity index (χ4n) is 3.74. The number of rotatable bonds is 7. The molecule has 2 aromatic rings. The normalized spacial score (nSPS) is 18.0. The Morgan fingerprint density at radius 2 is 1.94 bits per heavy atom. The van der Waals surface area contributed by atoms with Gasteiger partial charge in [0, 0.05) is 6.54 Å². The monoisotopic (exact) mass is 427 g/mol. The topological polar surface area (TPSA) is 76.1 Å². The Labute approximate surface area is 180 Å². The molecule has 1 atom stereocenters. The zero-order valence-electron chi connectivity index (χ0n) is 18.0. The van der Waals surface area contributed by atoms with Crippen LogP contribution in [0, 0.1) is 5.82 Å². The van der Waals surface area contributed by atoms with Gasteiger partial charge in [0.05, 0.1) is 30.4 Å². The van der Waals surface area contributed by atoms with Crippen molar-refractivity contribution in [3.05, 3.63) is 65.0 Å². The molecule has 0 aliphatic carbocycles. The predicted octanol–water partition coefficient (Wildman–Crippen LogP) is 4.45. The number of benzene rings is 2. The minimum absolute atomic E-state index is 0.0107. The van der Waals surface area contributed by atoms with Crippen molar-refractivity contribution >= 4 is 17.4 Å². The van der Waals surface area contributed by atoms with Gasteiger partial charge >= 0.3 is 0 Å². The van der Waals surface area contributed by atoms with Crippen molar-refractivity contribution in [2.75, 3.05) is 13.7 Å². The number of Topliss-reactive ketones (excluding diaryl/α,β-unsaturated/α-hetero) is 1. The van der Waals surface area contributed by atoms with E-state index < -0.39 is 29.3 Å². The van der Waals surface area contributed by atoms with Crippen LogP contribution in [0.15, 0.2) is 48.0 Å². The van der Waals surface area contributed by atoms with E-state index in [-0.39, 0.29) is 23.0 Å². The van der Waals surface area contributed by atoms with Crippen LogP contribution in [0.5, 0.6) is 11.5 Å². The van der Waals surface area contributed by atoms with E-state index >= 15 is 0 Å². The molecule has 1 aliphatic rings. The maximum atomic E-state index is 13.9. The van der Waals surface area contributed by atoms with Crippen LogP contribution in [0.1, 0.15) is 44.4 Å². The number of hydrogen-bond acceptors (Lipinski definition) is 5. The van der Waals surface area contributed by atoms with E-state index in [9.17, 15) is 19.1 Å². The second kappa shape index (κ2) is 9.20. The number of halogens is 1. The number of methoxy groups -OCH3 is 1. The van der Waals surface area contributed by atoms with Gasteiger partial charge in [0.2, 0.25) is 0 Å². The summed E-state index contributed by atoms with van der Waals surface area (Å²) in [5, 5.41) is 11.1. The van der Waals surface area contributed by atoms with Gasteiger partial charge in [-0.25, -0.2) is 4.39 Å². The highest BCUT2D eigenvalue weighted by molar-refractivity contribution is 6.46. The van der Waals surface area contributed by atoms with E-state index in [1.165, 1.54) is 24.1 Å². The highest BCUT2D eigenvalue weighted by Crippen LogP contribution is 2.41. The number of carbonyl (C=O) groups is 2. The van der Waals surface area contributed by atoms with E-state index in [1.54, 1.807) is 24.3 Å². The molecule has 1 amide bonds. The van der Waals surface area contributed by atoms with Gasteiger partial charge in [-0.05, 0) is 56.2 Å². The molecule has 0 radical (unpaired) electrons. The summed E-state index contributed by atoms with van der Waals surface area (Å²) < 4.78 is 24.9. The average molecular weight is 427 g/mol. The number of hydrogen-bond donors (Lipinski definition) is 1. The highest BCUT2D eigenvalue weighted by atomic mass is 19.1. The molecule has 0 saturated carbocycles. The minimum atomic E-state index is -0.830. The van der Waals surface area contributed by atoms with Crippen LogP contribution < -0.4 is 9.47 Å². The zero-order chi connectivity index (χ0) is 22.7. The first-order chi connectivity index (χ1) is 14.8. The first-order valence-corrected chi connectivity index (χ1v) is 10.2. The van der Waals surface area contributed by atoms with Gasteiger partial charge in [-0.2, -0.15) is 0 Å². The van der Waals surface area contributed by atoms with Crippen molar-refractivity contribution < 1.29 is 28.6 Å². The Balaban J connectivity index is 2.22. The lowest BCUT2D eigenvalue weighted by atomic mass is 9.94. The lowest BCUT2D eigenvalue weighted by molar-refractivity contribution is -0.139. The van der Waals surface area contributed by atoms with E-state index in [1.807, 2.05) is 20.8 Å². The van der Waals surface area contributed by atoms with Gasteiger partial charge < -0.3 is 19.5 Å². The summed E-state index contributed by atoms with van der Waals surface area (Å²) >= 11 is 0. The molecule has 3 rings (SSSR count). The first kappa shape index (κ1) is 22.3. The maximum Gasteiger partial charge on any atom is 0.295 e. The molecular formula is C24H26FNO5. The van der Waals surface area contributed by atoms with Crippen molar-refractivity contribution in [3.8, 4) is 11.5 Å². The molecule has 164 valence electrons. The summed E-state index contributed by atoms with van der Waals surface area (Å²) in [4.78, 5) is 27.2. The molecule has 6 nitrogen and oxygen atoms in total. The van der Waals surface area contributed by atoms with Crippen molar-refractivity contribution in [2.24, 2.45) is 0 Å². The summed E-state index contributed by atoms with van der Waals surface area (Å²) in [6, 6.07) is 9.86. The smallest absolute Gasteiger partial charge is 0.295 e. The number of aliphatic hydroxyl groups is 1. The van der Waals surface area contributed by atoms with Gasteiger partial charge in [-0.15, -0.1) is 0 Å². The Morgan fingerprint density at radius 3 is 2.58 bits per heavy atom. The molecule has 2 aromatic carbocycles. The maximum absolute atomic E-state index is 13.9. The van der Waals surface area contributed by atoms with Gasteiger partial charge in [0.25, 0.3) is 11.7 Å². The summed E-state index contributed by atoms with van der Waals surface area (Å²) in [5.41, 5.74) is 0.517. The second-order valence-electron chi connectivity index (χ2n) is 7.58. The van der Waals surface area contributed by atoms with Crippen LogP contribution in [-0.4, -0.2) is 41.5 Å². The van der Waals surface area contributed by atoms with Crippen molar-refractivity contribution in [1.29, 1.82) is 0 Å². The molecule has 1 N–H and O–H groups in total. The quantitative estimate of drug-likeness (QED) is 0.401. The van der Waals surface area contributed by atoms with Crippen LogP contribution in [-0.2, 0) is 9.59 Å². The summed E-state index contributed by atoms with van der Waals surface area (Å²) in [7, 11) is 1.38. The van der Waals surface area contributed by atoms with Crippen LogP contribution in [0.25, 0.3) is 5.76 Å². The van der Waals surface area contributed by atoms with Crippen LogP contribution >= 0.6 is 0 Å². The number of carbonyl (C=O) groups excluding carboxylic acids is 2. The highest BCUT2D eigenvalue weighted by Gasteiger charge is 2.46. The van der Waals surface area contributed by atoms with Crippen LogP contribution in [0.2, 0.25) is 0 Å². The van der Waals surface area contributed by atoms with E-state index in [0.717, 1.165) is 6.07 Å². The van der Waals surface area contributed by atoms with Crippen molar-refractivity contribution in [2.45, 2.75) is 39.3 Å². The van der Waals surface area contributed by atoms with E-state index in [2.05, 4.69) is 0 Å². The van der Waals surface area contributed by atoms with Crippen molar-refractivity contribution in [1.82, 2.24) is 4.90 Å². The molecular weight excluding hydrogens is 401 g/mol. The second-order valence-corrected chi connectivity index (χ2v) is 7.58. The Hall–Kier alpha value is -3.35. The van der Waals surface area contributed by atoms with E-state index in [4.69, 9.17) is 9.47 Å². The zero-order valence-corrected chi connectivity index (χ0v) is 18.0. The summed E-state index contributed by atoms with van der Waals surface area (Å²) in [5.74, 6) is -1.84. The number of ether oxygens (including phenoxy) is 2. The number of ketones is 1. The van der Waals surface area contributed by atoms with Crippen LogP contribution in [0.3, 0.4) is 0 Å². The number of amides is 1. The molecule has 0 aromatic heterocycles. The lowest BCUT2D eigenvalue weighted by Gasteiger charge is -2.25. The fraction of sp³-hybridized carbons (Fsp3) is 0.333. The molecule has 1 unspecified atom stereocenters. The van der Waals surface area contributed by atoms with Gasteiger partial charge in [-0.1, -0.05) is 19.1 Å². The third-order valence-corrected chi connectivity index (χ3v) is 4.97. The molecule has 1 fully saturated rings. The standard InChI is InChI=1S/C24H26FNO5/c1-5-11-26-21(15-7-6-8-17(12-15)31-14(2)3)20(23(28)24(26)29)22(27)18-13-16(25)9-10-19(18)30-4/h6-10,12-14,21,27H,5,11H2,1-4H3/b22-20+. The Morgan fingerprint density at radius 1 is 1.19 bits per heavy atom. The van der Waals surface area contributed by atoms with Crippen LogP contribution in [0.4, 0.5) is 4.39 Å². The van der Waals surface area contributed by atoms with Gasteiger partial charge in [-0.3, -0.25) is 9.59 Å². The fourth-order valence-corrected chi connectivity index (χ4v) is 3.74. The first-order valence-electron chi connectivity index (χ1n) is 10.2. The summed E-state index contributed by atoms with van der Waals surface area (Å²) in [6.45, 7) is 6.00. The largest absolute Gasteiger partial charge is 0.507 e. The Kier molecular flexibility index (Phi) is 6.63. The molecule has 1 aliphatic heterocycles. The molecule has 0 bridgehead atoms. The van der Waals surface area contributed by atoms with Crippen molar-refractivity contribution in [3.63, 3.8) is 0 Å². The van der Waals surface area contributed by atoms with E-state index in [0.29, 0.717) is 24.3 Å². The molecule has 31 heavy (non-hydrogen) atoms. The van der Waals surface area contributed by atoms with Gasteiger partial charge in [0.15, 0.2) is 0 Å². The number of aliphatic hydroxyl groups excluding tert-OH is 1. The molecule has 1 heterocycles. The number of nitrogens with zero attached hydrogens (tertiary/aromatic N) is 1. The molecule has 0 spiro atoms. The average Bonchev–Trinajstić information content (AvgIpc) is 2.98. The third kappa shape index (κ3) is 4.40. The SMILES string of the molecule is CCCN1C(=O)C(=O)/C(=C(/O)c2cc(F)ccc2OC)C1c1cccc(OC(C)C)c1. The van der Waals surface area contributed by atoms with Gasteiger partial charge in [0.1, 0.15) is 23.1 Å². The lowest BCUT2D eigenvalue weighted by Crippen LogP contribution is -2.30. The Bertz CT molecular complexity index is 1030. The minimum Gasteiger partial charge on any atom is -0.507 e. The predicted molar refractivity (Wildman–Crippen MR) is 114 cm³/mol. The third-order valence-electron chi connectivity index (χ3n) is 4.97.